The third kappa shape index (κ3) is 4.04. The lowest BCUT2D eigenvalue weighted by molar-refractivity contribution is -0.137. The largest absolute Gasteiger partial charge is 0.416 e. The predicted octanol–water partition coefficient (Wildman–Crippen LogP) is 4.37. The van der Waals surface area contributed by atoms with E-state index in [4.69, 9.17) is 4.52 Å². The van der Waals surface area contributed by atoms with Gasteiger partial charge in [-0.2, -0.15) is 23.3 Å². The van der Waals surface area contributed by atoms with Gasteiger partial charge in [0.05, 0.1) is 11.3 Å². The van der Waals surface area contributed by atoms with Crippen LogP contribution in [0.5, 0.6) is 0 Å². The van der Waals surface area contributed by atoms with Crippen LogP contribution in [0.4, 0.5) is 18.9 Å². The van der Waals surface area contributed by atoms with Gasteiger partial charge in [0.25, 0.3) is 11.8 Å². The van der Waals surface area contributed by atoms with Gasteiger partial charge in [-0.3, -0.25) is 14.6 Å². The van der Waals surface area contributed by atoms with Crippen LogP contribution >= 0.6 is 0 Å². The third-order valence-corrected chi connectivity index (χ3v) is 5.89. The molecular weight excluding hydrogens is 465 g/mol. The molecule has 0 unspecified atom stereocenters. The van der Waals surface area contributed by atoms with Gasteiger partial charge in [0.2, 0.25) is 11.7 Å². The molecule has 0 saturated carbocycles. The van der Waals surface area contributed by atoms with Gasteiger partial charge in [0, 0.05) is 5.56 Å². The molecule has 0 N–H and O–H groups in total. The molecule has 9 nitrogen and oxygen atoms in total. The van der Waals surface area contributed by atoms with E-state index in [9.17, 15) is 22.8 Å². The summed E-state index contributed by atoms with van der Waals surface area (Å²) in [5.41, 5.74) is 0.800. The maximum absolute atomic E-state index is 13.1. The molecule has 0 radical (unpaired) electrons. The van der Waals surface area contributed by atoms with E-state index < -0.39 is 35.6 Å². The van der Waals surface area contributed by atoms with E-state index in [1.807, 2.05) is 26.0 Å². The average Bonchev–Trinajstić information content (AvgIpc) is 3.52. The fourth-order valence-electron chi connectivity index (χ4n) is 4.03. The van der Waals surface area contributed by atoms with Crippen molar-refractivity contribution in [3.05, 3.63) is 65.5 Å². The molecule has 1 aromatic heterocycles. The molecule has 35 heavy (non-hydrogen) atoms. The maximum atomic E-state index is 13.1. The molecule has 0 aliphatic carbocycles. The maximum Gasteiger partial charge on any atom is 0.416 e. The summed E-state index contributed by atoms with van der Waals surface area (Å²) >= 11 is 0. The Morgan fingerprint density at radius 2 is 1.80 bits per heavy atom. The molecule has 1 fully saturated rings. The van der Waals surface area contributed by atoms with E-state index in [1.165, 1.54) is 17.1 Å². The smallest absolute Gasteiger partial charge is 0.337 e. The highest BCUT2D eigenvalue weighted by molar-refractivity contribution is 6.25. The van der Waals surface area contributed by atoms with Crippen molar-refractivity contribution < 1.29 is 27.3 Å². The number of carbonyl (C=O) groups excluding carboxylic acids is 2. The van der Waals surface area contributed by atoms with Gasteiger partial charge in [-0.15, -0.1) is 0 Å². The van der Waals surface area contributed by atoms with Crippen molar-refractivity contribution in [1.29, 1.82) is 0 Å². The number of hydrogen-bond donors (Lipinski definition) is 0. The second-order valence-electron chi connectivity index (χ2n) is 8.54. The van der Waals surface area contributed by atoms with Crippen molar-refractivity contribution in [3.8, 4) is 11.4 Å². The summed E-state index contributed by atoms with van der Waals surface area (Å²) in [6.07, 6.45) is -4.51. The van der Waals surface area contributed by atoms with E-state index in [0.29, 0.717) is 11.6 Å². The molecule has 12 heteroatoms. The van der Waals surface area contributed by atoms with Crippen LogP contribution in [-0.2, 0) is 22.3 Å². The second kappa shape index (κ2) is 8.29. The Morgan fingerprint density at radius 3 is 2.49 bits per heavy atom. The summed E-state index contributed by atoms with van der Waals surface area (Å²) in [7, 11) is 0. The SMILES string of the molecule is CC(C)c1ccc(N2C(=O)[C@@H]3[C@@H](N=NN3Cc3nc(-c4cccc(C(F)(F)F)c4)no3)C2=O)cc1. The molecule has 2 atom stereocenters. The van der Waals surface area contributed by atoms with Crippen molar-refractivity contribution in [2.45, 2.75) is 44.6 Å². The zero-order valence-corrected chi connectivity index (χ0v) is 18.6. The summed E-state index contributed by atoms with van der Waals surface area (Å²) < 4.78 is 44.2. The number of amides is 2. The molecular formula is C23H19F3N6O3. The average molecular weight is 484 g/mol. The normalized spacial score (nSPS) is 19.8. The lowest BCUT2D eigenvalue weighted by Gasteiger charge is -2.19. The fourth-order valence-corrected chi connectivity index (χ4v) is 4.03. The molecule has 0 spiro atoms. The summed E-state index contributed by atoms with van der Waals surface area (Å²) in [6.45, 7) is 3.94. The number of fused-ring (bicyclic) bond motifs is 1. The van der Waals surface area contributed by atoms with Crippen molar-refractivity contribution in [2.24, 2.45) is 10.3 Å². The number of alkyl halides is 3. The topological polar surface area (TPSA) is 104 Å². The minimum Gasteiger partial charge on any atom is -0.337 e. The van der Waals surface area contributed by atoms with E-state index in [-0.39, 0.29) is 23.8 Å². The van der Waals surface area contributed by atoms with Gasteiger partial charge < -0.3 is 4.52 Å². The van der Waals surface area contributed by atoms with E-state index in [2.05, 4.69) is 20.5 Å². The summed E-state index contributed by atoms with van der Waals surface area (Å²) in [5, 5.41) is 12.9. The van der Waals surface area contributed by atoms with Gasteiger partial charge in [-0.25, -0.2) is 4.90 Å². The van der Waals surface area contributed by atoms with Crippen LogP contribution in [0.2, 0.25) is 0 Å². The lowest BCUT2D eigenvalue weighted by Crippen LogP contribution is -2.39. The van der Waals surface area contributed by atoms with Crippen LogP contribution in [0.25, 0.3) is 11.4 Å². The molecule has 2 aliphatic heterocycles. The van der Waals surface area contributed by atoms with Crippen molar-refractivity contribution in [3.63, 3.8) is 0 Å². The first-order valence-electron chi connectivity index (χ1n) is 10.8. The Hall–Kier alpha value is -4.09. The Balaban J connectivity index is 1.34. The molecule has 2 aliphatic rings. The molecule has 0 bridgehead atoms. The first-order chi connectivity index (χ1) is 16.6. The van der Waals surface area contributed by atoms with Gasteiger partial charge in [0.1, 0.15) is 6.54 Å². The van der Waals surface area contributed by atoms with Gasteiger partial charge in [-0.05, 0) is 35.7 Å². The number of carbonyl (C=O) groups is 2. The van der Waals surface area contributed by atoms with Crippen LogP contribution in [0.15, 0.2) is 63.4 Å². The monoisotopic (exact) mass is 484 g/mol. The minimum absolute atomic E-state index is 0.0111. The molecule has 2 aromatic carbocycles. The molecule has 1 saturated heterocycles. The second-order valence-corrected chi connectivity index (χ2v) is 8.54. The Kier molecular flexibility index (Phi) is 5.37. The number of nitrogens with zero attached hydrogens (tertiary/aromatic N) is 6. The zero-order chi connectivity index (χ0) is 24.9. The summed E-state index contributed by atoms with van der Waals surface area (Å²) in [4.78, 5) is 31.3. The van der Waals surface area contributed by atoms with Crippen molar-refractivity contribution in [2.75, 3.05) is 4.90 Å². The van der Waals surface area contributed by atoms with E-state index in [0.717, 1.165) is 22.6 Å². The Morgan fingerprint density at radius 1 is 1.06 bits per heavy atom. The third-order valence-electron chi connectivity index (χ3n) is 5.89. The molecule has 3 aromatic rings. The summed E-state index contributed by atoms with van der Waals surface area (Å²) in [5.74, 6) is -0.706. The van der Waals surface area contributed by atoms with Crippen molar-refractivity contribution in [1.82, 2.24) is 15.1 Å². The van der Waals surface area contributed by atoms with E-state index >= 15 is 0 Å². The first-order valence-corrected chi connectivity index (χ1v) is 10.8. The fraction of sp³-hybridized carbons (Fsp3) is 0.304. The highest BCUT2D eigenvalue weighted by atomic mass is 19.4. The number of halogens is 3. The number of aromatic nitrogens is 2. The number of rotatable bonds is 5. The quantitative estimate of drug-likeness (QED) is 0.498. The minimum atomic E-state index is -4.51. The van der Waals surface area contributed by atoms with Crippen LogP contribution < -0.4 is 4.90 Å². The molecule has 180 valence electrons. The van der Waals surface area contributed by atoms with Crippen LogP contribution in [0.3, 0.4) is 0 Å². The van der Waals surface area contributed by atoms with Crippen LogP contribution in [-0.4, -0.2) is 39.0 Å². The Labute approximate surface area is 197 Å². The molecule has 5 rings (SSSR count). The number of anilines is 1. The highest BCUT2D eigenvalue weighted by Crippen LogP contribution is 2.34. The van der Waals surface area contributed by atoms with E-state index in [1.54, 1.807) is 12.1 Å². The zero-order valence-electron chi connectivity index (χ0n) is 18.6. The lowest BCUT2D eigenvalue weighted by atomic mass is 10.0. The van der Waals surface area contributed by atoms with Crippen LogP contribution in [0.1, 0.15) is 36.8 Å². The number of imide groups is 1. The summed E-state index contributed by atoms with van der Waals surface area (Å²) in [6, 6.07) is 9.72. The first kappa shape index (κ1) is 22.7. The van der Waals surface area contributed by atoms with Gasteiger partial charge in [-0.1, -0.05) is 48.5 Å². The van der Waals surface area contributed by atoms with Gasteiger partial charge in [0.15, 0.2) is 12.1 Å². The molecule has 3 heterocycles. The van der Waals surface area contributed by atoms with Gasteiger partial charge >= 0.3 is 6.18 Å². The predicted molar refractivity (Wildman–Crippen MR) is 116 cm³/mol. The Bertz CT molecular complexity index is 1320. The number of benzene rings is 2. The standard InChI is InChI=1S/C23H19F3N6O3/c1-12(2)13-6-8-16(9-7-13)32-21(33)18-19(22(32)34)31(30-28-18)11-17-27-20(29-35-17)14-4-3-5-15(10-14)23(24,25)26/h3-10,12,18-19H,11H2,1-2H3/t18-,19+/m1/s1. The highest BCUT2D eigenvalue weighted by Gasteiger charge is 2.55. The van der Waals surface area contributed by atoms with Crippen molar-refractivity contribution >= 4 is 17.5 Å². The molecule has 2 amide bonds. The van der Waals surface area contributed by atoms with Crippen LogP contribution in [0, 0.1) is 0 Å². The number of hydrogen-bond acceptors (Lipinski definition) is 8.